The Hall–Kier alpha value is -2.64. The number of aliphatic hydroxyl groups is 1. The second kappa shape index (κ2) is 8.83. The van der Waals surface area contributed by atoms with Crippen LogP contribution >= 0.6 is 11.8 Å². The van der Waals surface area contributed by atoms with Crippen molar-refractivity contribution in [3.8, 4) is 5.69 Å². The molecule has 0 saturated carbocycles. The van der Waals surface area contributed by atoms with Crippen molar-refractivity contribution in [2.45, 2.75) is 12.5 Å². The first kappa shape index (κ1) is 19.1. The van der Waals surface area contributed by atoms with Crippen molar-refractivity contribution in [1.29, 1.82) is 0 Å². The van der Waals surface area contributed by atoms with Crippen molar-refractivity contribution >= 4 is 28.4 Å². The van der Waals surface area contributed by atoms with Crippen LogP contribution in [0.15, 0.2) is 59.5 Å². The van der Waals surface area contributed by atoms with Gasteiger partial charge in [0.25, 0.3) is 11.5 Å². The minimum atomic E-state index is -0.269. The van der Waals surface area contributed by atoms with Crippen LogP contribution in [-0.4, -0.2) is 45.5 Å². The smallest absolute Gasteiger partial charge is 0.279 e. The molecular weight excluding hydrogens is 362 g/mol. The SMILES string of the molecule is CSCC[C@H](CO)NC(=O)c1ccc(-n2ncc3ccccc3c2=O)cc1. The lowest BCUT2D eigenvalue weighted by Crippen LogP contribution is -2.37. The lowest BCUT2D eigenvalue weighted by molar-refractivity contribution is 0.0915. The van der Waals surface area contributed by atoms with Gasteiger partial charge in [-0.15, -0.1) is 0 Å². The zero-order chi connectivity index (χ0) is 19.2. The Bertz CT molecular complexity index is 986. The van der Waals surface area contributed by atoms with Crippen LogP contribution in [0.1, 0.15) is 16.8 Å². The summed E-state index contributed by atoms with van der Waals surface area (Å²) < 4.78 is 1.32. The molecule has 1 aromatic heterocycles. The first-order valence-corrected chi connectivity index (χ1v) is 10.0. The van der Waals surface area contributed by atoms with Crippen LogP contribution in [-0.2, 0) is 0 Å². The highest BCUT2D eigenvalue weighted by Gasteiger charge is 2.13. The summed E-state index contributed by atoms with van der Waals surface area (Å²) in [5.74, 6) is 0.613. The van der Waals surface area contributed by atoms with E-state index in [2.05, 4.69) is 10.4 Å². The Morgan fingerprint density at radius 3 is 2.67 bits per heavy atom. The lowest BCUT2D eigenvalue weighted by atomic mass is 10.1. The van der Waals surface area contributed by atoms with E-state index in [1.165, 1.54) is 4.68 Å². The van der Waals surface area contributed by atoms with E-state index >= 15 is 0 Å². The molecule has 0 spiro atoms. The number of amides is 1. The summed E-state index contributed by atoms with van der Waals surface area (Å²) in [4.78, 5) is 25.0. The number of hydrogen-bond donors (Lipinski definition) is 2. The number of carbonyl (C=O) groups is 1. The number of benzene rings is 2. The van der Waals surface area contributed by atoms with Gasteiger partial charge in [0.15, 0.2) is 0 Å². The number of hydrogen-bond acceptors (Lipinski definition) is 5. The molecule has 2 aromatic carbocycles. The molecule has 3 rings (SSSR count). The zero-order valence-electron chi connectivity index (χ0n) is 15.0. The highest BCUT2D eigenvalue weighted by molar-refractivity contribution is 7.98. The molecule has 0 saturated heterocycles. The third-order valence-electron chi connectivity index (χ3n) is 4.30. The Morgan fingerprint density at radius 1 is 1.22 bits per heavy atom. The van der Waals surface area contributed by atoms with Gasteiger partial charge in [-0.1, -0.05) is 18.2 Å². The van der Waals surface area contributed by atoms with E-state index in [4.69, 9.17) is 0 Å². The number of nitrogens with zero attached hydrogens (tertiary/aromatic N) is 2. The van der Waals surface area contributed by atoms with Gasteiger partial charge in [0.05, 0.1) is 29.9 Å². The zero-order valence-corrected chi connectivity index (χ0v) is 15.8. The number of rotatable bonds is 7. The minimum absolute atomic E-state index is 0.0964. The third-order valence-corrected chi connectivity index (χ3v) is 4.94. The second-order valence-electron chi connectivity index (χ2n) is 6.13. The van der Waals surface area contributed by atoms with Gasteiger partial charge < -0.3 is 10.4 Å². The van der Waals surface area contributed by atoms with E-state index in [9.17, 15) is 14.7 Å². The molecule has 0 unspecified atom stereocenters. The van der Waals surface area contributed by atoms with Gasteiger partial charge in [0.1, 0.15) is 0 Å². The van der Waals surface area contributed by atoms with Crippen molar-refractivity contribution in [3.05, 3.63) is 70.6 Å². The predicted octanol–water partition coefficient (Wildman–Crippen LogP) is 2.23. The van der Waals surface area contributed by atoms with E-state index in [0.717, 1.165) is 11.1 Å². The average Bonchev–Trinajstić information content (AvgIpc) is 2.71. The van der Waals surface area contributed by atoms with E-state index in [-0.39, 0.29) is 24.1 Å². The Labute approximate surface area is 161 Å². The molecule has 0 aliphatic rings. The summed E-state index contributed by atoms with van der Waals surface area (Å²) >= 11 is 1.67. The molecule has 0 bridgehead atoms. The van der Waals surface area contributed by atoms with E-state index in [1.807, 2.05) is 24.5 Å². The summed E-state index contributed by atoms with van der Waals surface area (Å²) in [5.41, 5.74) is 0.848. The van der Waals surface area contributed by atoms with Crippen LogP contribution < -0.4 is 10.9 Å². The molecule has 1 heterocycles. The second-order valence-corrected chi connectivity index (χ2v) is 7.12. The first-order valence-electron chi connectivity index (χ1n) is 8.62. The van der Waals surface area contributed by atoms with E-state index < -0.39 is 0 Å². The maximum Gasteiger partial charge on any atom is 0.279 e. The molecule has 7 heteroatoms. The summed E-state index contributed by atoms with van der Waals surface area (Å²) in [6.45, 7) is -0.0964. The molecule has 1 atom stereocenters. The number of aliphatic hydroxyl groups excluding tert-OH is 1. The Balaban J connectivity index is 1.80. The van der Waals surface area contributed by atoms with Crippen molar-refractivity contribution in [2.24, 2.45) is 0 Å². The lowest BCUT2D eigenvalue weighted by Gasteiger charge is -2.16. The standard InChI is InChI=1S/C20H21N3O3S/c1-27-11-10-16(13-24)22-19(25)14-6-8-17(9-7-14)23-20(26)18-5-3-2-4-15(18)12-21-23/h2-9,12,16,24H,10-11,13H2,1H3,(H,22,25)/t16-/m1/s1. The van der Waals surface area contributed by atoms with Crippen LogP contribution in [0.4, 0.5) is 0 Å². The van der Waals surface area contributed by atoms with Gasteiger partial charge in [0.2, 0.25) is 0 Å². The number of aromatic nitrogens is 2. The van der Waals surface area contributed by atoms with Crippen molar-refractivity contribution < 1.29 is 9.90 Å². The van der Waals surface area contributed by atoms with Gasteiger partial charge in [-0.25, -0.2) is 0 Å². The van der Waals surface area contributed by atoms with Crippen LogP contribution in [0, 0.1) is 0 Å². The number of nitrogens with one attached hydrogen (secondary N) is 1. The maximum atomic E-state index is 12.6. The minimum Gasteiger partial charge on any atom is -0.394 e. The summed E-state index contributed by atoms with van der Waals surface area (Å²) in [7, 11) is 0. The summed E-state index contributed by atoms with van der Waals surface area (Å²) in [6, 6.07) is 13.7. The molecule has 0 radical (unpaired) electrons. The van der Waals surface area contributed by atoms with Gasteiger partial charge in [-0.3, -0.25) is 9.59 Å². The van der Waals surface area contributed by atoms with Gasteiger partial charge in [-0.2, -0.15) is 21.5 Å². The average molecular weight is 383 g/mol. The fourth-order valence-electron chi connectivity index (χ4n) is 2.77. The number of fused-ring (bicyclic) bond motifs is 1. The molecule has 0 aliphatic heterocycles. The fraction of sp³-hybridized carbons (Fsp3) is 0.250. The van der Waals surface area contributed by atoms with Crippen molar-refractivity contribution in [2.75, 3.05) is 18.6 Å². The normalized spacial score (nSPS) is 12.1. The van der Waals surface area contributed by atoms with Crippen LogP contribution in [0.5, 0.6) is 0 Å². The van der Waals surface area contributed by atoms with Crippen LogP contribution in [0.2, 0.25) is 0 Å². The molecule has 0 aliphatic carbocycles. The number of thioether (sulfide) groups is 1. The van der Waals surface area contributed by atoms with Gasteiger partial charge >= 0.3 is 0 Å². The number of carbonyl (C=O) groups excluding carboxylic acids is 1. The highest BCUT2D eigenvalue weighted by Crippen LogP contribution is 2.11. The molecule has 6 nitrogen and oxygen atoms in total. The monoisotopic (exact) mass is 383 g/mol. The van der Waals surface area contributed by atoms with E-state index in [0.29, 0.717) is 23.1 Å². The van der Waals surface area contributed by atoms with E-state index in [1.54, 1.807) is 48.3 Å². The molecule has 0 fully saturated rings. The molecule has 2 N–H and O–H groups in total. The molecule has 1 amide bonds. The third kappa shape index (κ3) is 4.37. The molecule has 27 heavy (non-hydrogen) atoms. The quantitative estimate of drug-likeness (QED) is 0.654. The Morgan fingerprint density at radius 2 is 1.96 bits per heavy atom. The largest absolute Gasteiger partial charge is 0.394 e. The topological polar surface area (TPSA) is 84.2 Å². The summed E-state index contributed by atoms with van der Waals surface area (Å²) in [6.07, 6.45) is 4.34. The molecular formula is C20H21N3O3S. The predicted molar refractivity (Wildman–Crippen MR) is 109 cm³/mol. The van der Waals surface area contributed by atoms with Gasteiger partial charge in [0, 0.05) is 10.9 Å². The maximum absolute atomic E-state index is 12.6. The van der Waals surface area contributed by atoms with Crippen LogP contribution in [0.25, 0.3) is 16.5 Å². The first-order chi connectivity index (χ1) is 13.1. The van der Waals surface area contributed by atoms with Crippen molar-refractivity contribution in [3.63, 3.8) is 0 Å². The molecule has 3 aromatic rings. The van der Waals surface area contributed by atoms with Crippen molar-refractivity contribution in [1.82, 2.24) is 15.1 Å². The van der Waals surface area contributed by atoms with Gasteiger partial charge in [-0.05, 0) is 48.8 Å². The van der Waals surface area contributed by atoms with Crippen LogP contribution in [0.3, 0.4) is 0 Å². The fourth-order valence-corrected chi connectivity index (χ4v) is 3.29. The summed E-state index contributed by atoms with van der Waals surface area (Å²) in [5, 5.41) is 17.8. The Kier molecular flexibility index (Phi) is 6.26. The molecule has 140 valence electrons. The highest BCUT2D eigenvalue weighted by atomic mass is 32.2.